The molecule has 0 aliphatic carbocycles. The number of hydrogen-bond acceptors (Lipinski definition) is 6. The van der Waals surface area contributed by atoms with Gasteiger partial charge in [0, 0.05) is 29.6 Å². The van der Waals surface area contributed by atoms with E-state index in [4.69, 9.17) is 15.5 Å². The van der Waals surface area contributed by atoms with Crippen molar-refractivity contribution in [3.05, 3.63) is 48.5 Å². The average Bonchev–Trinajstić information content (AvgIpc) is 3.00. The van der Waals surface area contributed by atoms with Crippen LogP contribution in [0.25, 0.3) is 11.1 Å². The highest BCUT2D eigenvalue weighted by molar-refractivity contribution is 8.13. The predicted molar refractivity (Wildman–Crippen MR) is 102 cm³/mol. The van der Waals surface area contributed by atoms with Crippen molar-refractivity contribution < 1.29 is 4.74 Å². The number of aliphatic imine (C=N–C) groups is 1. The second-order valence-corrected chi connectivity index (χ2v) is 6.65. The molecule has 3 heterocycles. The number of amidine groups is 1. The van der Waals surface area contributed by atoms with Crippen LogP contribution < -0.4 is 5.73 Å². The van der Waals surface area contributed by atoms with Crippen LogP contribution in [0.5, 0.6) is 0 Å². The fourth-order valence-electron chi connectivity index (χ4n) is 3.14. The minimum atomic E-state index is -0.346. The van der Waals surface area contributed by atoms with Gasteiger partial charge in [-0.25, -0.2) is 15.0 Å². The monoisotopic (exact) mass is 384 g/mol. The fraction of sp³-hybridized carbons (Fsp3) is 0.312. The van der Waals surface area contributed by atoms with Gasteiger partial charge >= 0.3 is 0 Å². The molecule has 128 valence electrons. The molecule has 1 aromatic heterocycles. The highest BCUT2D eigenvalue weighted by Gasteiger charge is 2.47. The van der Waals surface area contributed by atoms with Crippen molar-refractivity contribution in [1.29, 1.82) is 0 Å². The van der Waals surface area contributed by atoms with Crippen LogP contribution in [-0.4, -0.2) is 34.1 Å². The van der Waals surface area contributed by atoms with E-state index in [1.165, 1.54) is 6.33 Å². The van der Waals surface area contributed by atoms with Crippen LogP contribution in [0.4, 0.5) is 0 Å². The molecule has 2 aliphatic heterocycles. The number of halogens is 2. The predicted octanol–water partition coefficient (Wildman–Crippen LogP) is 2.89. The minimum Gasteiger partial charge on any atom is -0.379 e. The van der Waals surface area contributed by atoms with Gasteiger partial charge in [-0.05, 0) is 17.2 Å². The number of hydrogen-bond donors (Lipinski definition) is 1. The summed E-state index contributed by atoms with van der Waals surface area (Å²) in [4.78, 5) is 13.0. The Hall–Kier alpha value is -1.34. The summed E-state index contributed by atoms with van der Waals surface area (Å²) in [6.45, 7) is 1.33. The van der Waals surface area contributed by atoms with Gasteiger partial charge in [-0.1, -0.05) is 30.0 Å². The number of nitrogens with two attached hydrogens (primary N) is 1. The third kappa shape index (κ3) is 3.24. The van der Waals surface area contributed by atoms with Crippen LogP contribution in [-0.2, 0) is 10.3 Å². The molecule has 1 saturated heterocycles. The molecular formula is C16H18Cl2N4OS. The summed E-state index contributed by atoms with van der Waals surface area (Å²) in [7, 11) is 0. The molecule has 0 bridgehead atoms. The molecule has 0 spiro atoms. The first kappa shape index (κ1) is 19.0. The Balaban J connectivity index is 0.00000104. The van der Waals surface area contributed by atoms with E-state index in [9.17, 15) is 0 Å². The van der Waals surface area contributed by atoms with Crippen LogP contribution in [0.3, 0.4) is 0 Å². The number of thioether (sulfide) groups is 1. The molecule has 2 aromatic rings. The normalized spacial score (nSPS) is 25.0. The lowest BCUT2D eigenvalue weighted by Gasteiger charge is -2.34. The Morgan fingerprint density at radius 2 is 1.96 bits per heavy atom. The quantitative estimate of drug-likeness (QED) is 0.861. The van der Waals surface area contributed by atoms with E-state index in [0.29, 0.717) is 17.7 Å². The lowest BCUT2D eigenvalue weighted by atomic mass is 9.81. The van der Waals surface area contributed by atoms with Crippen LogP contribution in [0.2, 0.25) is 0 Å². The van der Waals surface area contributed by atoms with Crippen molar-refractivity contribution in [3.63, 3.8) is 0 Å². The zero-order valence-electron chi connectivity index (χ0n) is 12.8. The van der Waals surface area contributed by atoms with Gasteiger partial charge in [-0.2, -0.15) is 0 Å². The third-order valence-electron chi connectivity index (χ3n) is 4.31. The molecule has 0 saturated carbocycles. The van der Waals surface area contributed by atoms with Gasteiger partial charge in [0.15, 0.2) is 5.17 Å². The van der Waals surface area contributed by atoms with Crippen molar-refractivity contribution >= 4 is 41.7 Å². The molecule has 1 fully saturated rings. The van der Waals surface area contributed by atoms with E-state index in [2.05, 4.69) is 34.2 Å². The standard InChI is InChI=1S/C16H16N4OS.2ClH/c17-15-20-16(9-21-7-14(16)8-22-15)13-3-1-2-11(4-13)12-5-18-10-19-6-12;;/h1-6,10,14H,7-9H2,(H2,17,20);2*1H. The SMILES string of the molecule is Cl.Cl.NC1=NC2(c3cccc(-c4cncnc4)c3)COCC2CS1. The van der Waals surface area contributed by atoms with Gasteiger partial charge in [0.05, 0.1) is 13.2 Å². The zero-order valence-corrected chi connectivity index (χ0v) is 15.2. The largest absolute Gasteiger partial charge is 0.379 e. The van der Waals surface area contributed by atoms with E-state index in [-0.39, 0.29) is 30.4 Å². The van der Waals surface area contributed by atoms with Gasteiger partial charge in [0.25, 0.3) is 0 Å². The highest BCUT2D eigenvalue weighted by Crippen LogP contribution is 2.44. The summed E-state index contributed by atoms with van der Waals surface area (Å²) in [6, 6.07) is 8.39. The highest BCUT2D eigenvalue weighted by atomic mass is 35.5. The van der Waals surface area contributed by atoms with Crippen molar-refractivity contribution in [2.24, 2.45) is 16.6 Å². The zero-order chi connectivity index (χ0) is 15.0. The molecular weight excluding hydrogens is 367 g/mol. The Bertz CT molecular complexity index is 731. The van der Waals surface area contributed by atoms with E-state index in [1.807, 2.05) is 12.4 Å². The second-order valence-electron chi connectivity index (χ2n) is 5.61. The molecule has 2 unspecified atom stereocenters. The number of rotatable bonds is 2. The van der Waals surface area contributed by atoms with E-state index in [1.54, 1.807) is 11.8 Å². The fourth-order valence-corrected chi connectivity index (χ4v) is 4.11. The Morgan fingerprint density at radius 3 is 2.75 bits per heavy atom. The first-order valence-corrected chi connectivity index (χ1v) is 8.18. The van der Waals surface area contributed by atoms with Crippen molar-refractivity contribution in [2.45, 2.75) is 5.54 Å². The molecule has 1 aromatic carbocycles. The number of fused-ring (bicyclic) bond motifs is 1. The molecule has 2 N–H and O–H groups in total. The van der Waals surface area contributed by atoms with Gasteiger partial charge in [0.1, 0.15) is 11.9 Å². The van der Waals surface area contributed by atoms with Gasteiger partial charge in [-0.15, -0.1) is 24.8 Å². The molecule has 5 nitrogen and oxygen atoms in total. The maximum absolute atomic E-state index is 6.00. The number of ether oxygens (including phenoxy) is 1. The van der Waals surface area contributed by atoms with Gasteiger partial charge in [0.2, 0.25) is 0 Å². The lowest BCUT2D eigenvalue weighted by molar-refractivity contribution is 0.177. The smallest absolute Gasteiger partial charge is 0.154 e. The summed E-state index contributed by atoms with van der Waals surface area (Å²) in [5.74, 6) is 1.32. The molecule has 4 rings (SSSR count). The van der Waals surface area contributed by atoms with Crippen molar-refractivity contribution in [2.75, 3.05) is 19.0 Å². The summed E-state index contributed by atoms with van der Waals surface area (Å²) >= 11 is 1.62. The number of benzene rings is 1. The Morgan fingerprint density at radius 1 is 1.17 bits per heavy atom. The third-order valence-corrected chi connectivity index (χ3v) is 5.27. The molecule has 0 amide bonds. The van der Waals surface area contributed by atoms with E-state index in [0.717, 1.165) is 29.1 Å². The lowest BCUT2D eigenvalue weighted by Crippen LogP contribution is -2.39. The maximum Gasteiger partial charge on any atom is 0.154 e. The molecule has 2 atom stereocenters. The van der Waals surface area contributed by atoms with Crippen molar-refractivity contribution in [3.8, 4) is 11.1 Å². The molecule has 0 radical (unpaired) electrons. The minimum absolute atomic E-state index is 0. The van der Waals surface area contributed by atoms with Gasteiger partial charge < -0.3 is 10.5 Å². The first-order valence-electron chi connectivity index (χ1n) is 7.20. The second kappa shape index (κ2) is 7.70. The van der Waals surface area contributed by atoms with Crippen molar-refractivity contribution in [1.82, 2.24) is 9.97 Å². The van der Waals surface area contributed by atoms with Gasteiger partial charge in [-0.3, -0.25) is 0 Å². The number of aromatic nitrogens is 2. The summed E-state index contributed by atoms with van der Waals surface area (Å²) < 4.78 is 5.74. The van der Waals surface area contributed by atoms with Crippen LogP contribution in [0.1, 0.15) is 5.56 Å². The van der Waals surface area contributed by atoms with Crippen LogP contribution in [0, 0.1) is 5.92 Å². The van der Waals surface area contributed by atoms with E-state index >= 15 is 0 Å². The van der Waals surface area contributed by atoms with E-state index < -0.39 is 0 Å². The topological polar surface area (TPSA) is 73.4 Å². The summed E-state index contributed by atoms with van der Waals surface area (Å²) in [6.07, 6.45) is 5.18. The number of nitrogens with zero attached hydrogens (tertiary/aromatic N) is 3. The average molecular weight is 385 g/mol. The molecule has 8 heteroatoms. The molecule has 2 aliphatic rings. The first-order chi connectivity index (χ1) is 10.8. The van der Waals surface area contributed by atoms with Crippen LogP contribution >= 0.6 is 36.6 Å². The molecule has 24 heavy (non-hydrogen) atoms. The Kier molecular flexibility index (Phi) is 6.09. The van der Waals surface area contributed by atoms with Crippen LogP contribution in [0.15, 0.2) is 48.0 Å². The Labute approximate surface area is 157 Å². The summed E-state index contributed by atoms with van der Waals surface area (Å²) in [5, 5.41) is 0.648. The summed E-state index contributed by atoms with van der Waals surface area (Å²) in [5.41, 5.74) is 8.89. The maximum atomic E-state index is 6.00.